The van der Waals surface area contributed by atoms with E-state index in [2.05, 4.69) is 60.6 Å². The Morgan fingerprint density at radius 1 is 0.788 bits per heavy atom. The molecule has 4 fully saturated rings. The summed E-state index contributed by atoms with van der Waals surface area (Å²) in [6.07, 6.45) is 12.2. The van der Waals surface area contributed by atoms with Crippen LogP contribution >= 0.6 is 0 Å². The second kappa shape index (κ2) is 6.98. The lowest BCUT2D eigenvalue weighted by Gasteiger charge is -2.69. The Morgan fingerprint density at radius 2 is 1.48 bits per heavy atom. The first-order valence-electron chi connectivity index (χ1n) is 13.6. The second-order valence-corrected chi connectivity index (χ2v) is 14.8. The van der Waals surface area contributed by atoms with Gasteiger partial charge in [-0.25, -0.2) is 0 Å². The molecular formula is C30H48O3. The van der Waals surface area contributed by atoms with Crippen molar-refractivity contribution in [1.82, 2.24) is 0 Å². The Bertz CT molecular complexity index is 898. The van der Waals surface area contributed by atoms with Crippen LogP contribution in [0, 0.1) is 44.3 Å². The maximum Gasteiger partial charge on any atom is 0.0632 e. The van der Waals surface area contributed by atoms with Crippen molar-refractivity contribution in [2.45, 2.75) is 112 Å². The first-order valence-corrected chi connectivity index (χ1v) is 13.6. The molecule has 0 aliphatic heterocycles. The average Bonchev–Trinajstić information content (AvgIpc) is 2.71. The van der Waals surface area contributed by atoms with E-state index < -0.39 is 6.10 Å². The van der Waals surface area contributed by atoms with E-state index in [0.29, 0.717) is 5.92 Å². The molecule has 0 bridgehead atoms. The molecular weight excluding hydrogens is 408 g/mol. The lowest BCUT2D eigenvalue weighted by Crippen LogP contribution is -2.64. The molecule has 33 heavy (non-hydrogen) atoms. The van der Waals surface area contributed by atoms with Gasteiger partial charge in [0.1, 0.15) is 0 Å². The first-order chi connectivity index (χ1) is 15.2. The van der Waals surface area contributed by atoms with Gasteiger partial charge in [0, 0.05) is 10.8 Å². The van der Waals surface area contributed by atoms with Crippen LogP contribution in [0.4, 0.5) is 0 Å². The Balaban J connectivity index is 1.66. The van der Waals surface area contributed by atoms with E-state index in [1.165, 1.54) is 5.57 Å². The lowest BCUT2D eigenvalue weighted by molar-refractivity contribution is -0.162. The van der Waals surface area contributed by atoms with Crippen LogP contribution in [0.25, 0.3) is 0 Å². The van der Waals surface area contributed by atoms with Gasteiger partial charge in [0.15, 0.2) is 0 Å². The average molecular weight is 457 g/mol. The van der Waals surface area contributed by atoms with Gasteiger partial charge >= 0.3 is 0 Å². The number of hydrogen-bond acceptors (Lipinski definition) is 3. The number of allylic oxidation sites excluding steroid dienone is 4. The fourth-order valence-electron chi connectivity index (χ4n) is 10.0. The Labute approximate surface area is 201 Å². The topological polar surface area (TPSA) is 60.7 Å². The van der Waals surface area contributed by atoms with Crippen molar-refractivity contribution in [2.24, 2.45) is 44.3 Å². The van der Waals surface area contributed by atoms with Gasteiger partial charge in [-0.15, -0.1) is 0 Å². The van der Waals surface area contributed by atoms with Crippen LogP contribution in [0.2, 0.25) is 0 Å². The molecule has 3 nitrogen and oxygen atoms in total. The first kappa shape index (κ1) is 24.1. The highest BCUT2D eigenvalue weighted by Crippen LogP contribution is 2.74. The number of aliphatic hydroxyl groups excluding tert-OH is 3. The summed E-state index contributed by atoms with van der Waals surface area (Å²) in [4.78, 5) is 0. The fourth-order valence-corrected chi connectivity index (χ4v) is 10.0. The summed E-state index contributed by atoms with van der Waals surface area (Å²) in [5, 5.41) is 33.2. The van der Waals surface area contributed by atoms with E-state index in [4.69, 9.17) is 0 Å². The zero-order chi connectivity index (χ0) is 24.2. The normalized spacial score (nSPS) is 52.4. The quantitative estimate of drug-likeness (QED) is 0.451. The minimum Gasteiger partial charge on any atom is -0.396 e. The molecule has 0 aromatic heterocycles. The highest BCUT2D eigenvalue weighted by molar-refractivity contribution is 5.46. The minimum atomic E-state index is -0.461. The van der Waals surface area contributed by atoms with E-state index in [1.807, 2.05) is 0 Å². The summed E-state index contributed by atoms with van der Waals surface area (Å²) in [5.41, 5.74) is 2.83. The molecule has 5 aliphatic carbocycles. The lowest BCUT2D eigenvalue weighted by atomic mass is 9.35. The number of rotatable bonds is 1. The van der Waals surface area contributed by atoms with Gasteiger partial charge in [-0.2, -0.15) is 0 Å². The van der Waals surface area contributed by atoms with Crippen molar-refractivity contribution in [1.29, 1.82) is 0 Å². The maximum absolute atomic E-state index is 11.7. The van der Waals surface area contributed by atoms with Gasteiger partial charge in [-0.1, -0.05) is 71.8 Å². The van der Waals surface area contributed by atoms with Crippen LogP contribution in [0.1, 0.15) is 99.8 Å². The van der Waals surface area contributed by atoms with Crippen LogP contribution < -0.4 is 0 Å². The molecule has 0 unspecified atom stereocenters. The van der Waals surface area contributed by atoms with Crippen molar-refractivity contribution in [3.63, 3.8) is 0 Å². The second-order valence-electron chi connectivity index (χ2n) is 14.8. The minimum absolute atomic E-state index is 0.00485. The molecule has 3 N–H and O–H groups in total. The van der Waals surface area contributed by atoms with Crippen LogP contribution in [0.15, 0.2) is 23.3 Å². The number of hydrogen-bond donors (Lipinski definition) is 3. The van der Waals surface area contributed by atoms with Gasteiger partial charge in [0.2, 0.25) is 0 Å². The molecule has 0 spiro atoms. The molecule has 5 aliphatic rings. The van der Waals surface area contributed by atoms with E-state index in [9.17, 15) is 15.3 Å². The zero-order valence-electron chi connectivity index (χ0n) is 22.2. The van der Waals surface area contributed by atoms with Crippen molar-refractivity contribution >= 4 is 0 Å². The monoisotopic (exact) mass is 456 g/mol. The predicted octanol–water partition coefficient (Wildman–Crippen LogP) is 6.03. The maximum atomic E-state index is 11.7. The van der Waals surface area contributed by atoms with Crippen LogP contribution in [0.5, 0.6) is 0 Å². The third-order valence-corrected chi connectivity index (χ3v) is 12.5. The van der Waals surface area contributed by atoms with Gasteiger partial charge < -0.3 is 15.3 Å². The van der Waals surface area contributed by atoms with E-state index in [0.717, 1.165) is 51.4 Å². The standard InChI is InChI=1S/C30H48O3/c1-25(2)14-15-30(18-31)20(16-25)19-8-9-22-27(5)12-11-23(32)26(3,4)21(27)10-13-28(22,6)29(19,7)17-24(30)33/h8-9,20-21,23-24,31-33H,10-18H2,1-7H3/t20-,21-,23-,24-,27-,28+,29+,30+/m0/s1. The molecule has 186 valence electrons. The van der Waals surface area contributed by atoms with Crippen LogP contribution in [-0.4, -0.2) is 34.1 Å². The highest BCUT2D eigenvalue weighted by atomic mass is 16.3. The largest absolute Gasteiger partial charge is 0.396 e. The number of aliphatic hydroxyl groups is 3. The van der Waals surface area contributed by atoms with Gasteiger partial charge in [-0.05, 0) is 84.9 Å². The molecule has 5 rings (SSSR count). The van der Waals surface area contributed by atoms with Crippen molar-refractivity contribution in [3.05, 3.63) is 23.3 Å². The Kier molecular flexibility index (Phi) is 5.09. The smallest absolute Gasteiger partial charge is 0.0632 e. The summed E-state index contributed by atoms with van der Waals surface area (Å²) in [6.45, 7) is 16.8. The van der Waals surface area contributed by atoms with Gasteiger partial charge in [0.05, 0.1) is 18.8 Å². The summed E-state index contributed by atoms with van der Waals surface area (Å²) < 4.78 is 0. The number of fused-ring (bicyclic) bond motifs is 7. The molecule has 0 aromatic rings. The molecule has 0 radical (unpaired) electrons. The molecule has 3 heteroatoms. The summed E-state index contributed by atoms with van der Waals surface area (Å²) in [6, 6.07) is 0. The molecule has 0 heterocycles. The van der Waals surface area contributed by atoms with Gasteiger partial charge in [-0.3, -0.25) is 0 Å². The summed E-state index contributed by atoms with van der Waals surface area (Å²) >= 11 is 0. The summed E-state index contributed by atoms with van der Waals surface area (Å²) in [7, 11) is 0. The Hall–Kier alpha value is -0.640. The molecule has 0 saturated heterocycles. The fraction of sp³-hybridized carbons (Fsp3) is 0.867. The molecule has 0 amide bonds. The highest BCUT2D eigenvalue weighted by Gasteiger charge is 2.67. The van der Waals surface area contributed by atoms with Crippen molar-refractivity contribution in [3.8, 4) is 0 Å². The van der Waals surface area contributed by atoms with Crippen LogP contribution in [0.3, 0.4) is 0 Å². The SMILES string of the molecule is CC1(C)CC[C@]2(CO)[C@@H](O)C[C@]3(C)C(=CC=C4[C@@]5(C)CC[C@H](O)C(C)(C)[C@@H]5CC[C@]43C)[C@@H]2C1. The zero-order valence-corrected chi connectivity index (χ0v) is 22.2. The van der Waals surface area contributed by atoms with E-state index in [1.54, 1.807) is 5.57 Å². The van der Waals surface area contributed by atoms with Gasteiger partial charge in [0.25, 0.3) is 0 Å². The van der Waals surface area contributed by atoms with Crippen molar-refractivity contribution < 1.29 is 15.3 Å². The Morgan fingerprint density at radius 3 is 2.15 bits per heavy atom. The molecule has 8 atom stereocenters. The third-order valence-electron chi connectivity index (χ3n) is 12.5. The van der Waals surface area contributed by atoms with Crippen molar-refractivity contribution in [2.75, 3.05) is 6.61 Å². The molecule has 4 saturated carbocycles. The third kappa shape index (κ3) is 2.85. The predicted molar refractivity (Wildman–Crippen MR) is 133 cm³/mol. The summed E-state index contributed by atoms with van der Waals surface area (Å²) in [5.74, 6) is 0.718. The van der Waals surface area contributed by atoms with Crippen LogP contribution in [-0.2, 0) is 0 Å². The van der Waals surface area contributed by atoms with E-state index in [-0.39, 0.29) is 51.1 Å². The molecule has 0 aromatic carbocycles. The van der Waals surface area contributed by atoms with E-state index >= 15 is 0 Å².